The number of hydrogen-bond donors (Lipinski definition) is 1. The molecular formula is C30H30FN5O3. The van der Waals surface area contributed by atoms with Gasteiger partial charge in [0.2, 0.25) is 11.8 Å². The Bertz CT molecular complexity index is 1510. The van der Waals surface area contributed by atoms with Gasteiger partial charge >= 0.3 is 0 Å². The number of Topliss-reactive ketones (excluding diaryl/α,β-unsaturated/α-hetero) is 1. The van der Waals surface area contributed by atoms with Crippen molar-refractivity contribution < 1.29 is 18.8 Å². The summed E-state index contributed by atoms with van der Waals surface area (Å²) in [5, 5.41) is 11.3. The third kappa shape index (κ3) is 5.72. The van der Waals surface area contributed by atoms with E-state index in [0.717, 1.165) is 32.1 Å². The van der Waals surface area contributed by atoms with Crippen LogP contribution in [0.1, 0.15) is 61.0 Å². The standard InChI is InChI=1S/C30H30FN5O3/c1-20(37)21-10-9-13-23(18-21)36(28(38)19-35-27-17-8-7-16-26(27)33-34-35)29(24-14-5-6-15-25(24)31)30(39)32-22-11-3-2-4-12-22/h5-10,13-18,22,29H,2-4,11-12,19H2,1H3,(H,32,39)/t29-/m0/s1. The van der Waals surface area contributed by atoms with Gasteiger partial charge in [0.1, 0.15) is 23.9 Å². The molecule has 8 nitrogen and oxygen atoms in total. The van der Waals surface area contributed by atoms with Crippen LogP contribution >= 0.6 is 0 Å². The van der Waals surface area contributed by atoms with E-state index < -0.39 is 23.7 Å². The van der Waals surface area contributed by atoms with Crippen molar-refractivity contribution in [3.63, 3.8) is 0 Å². The van der Waals surface area contributed by atoms with Crippen LogP contribution in [0.15, 0.2) is 72.8 Å². The Morgan fingerprint density at radius 3 is 2.51 bits per heavy atom. The van der Waals surface area contributed by atoms with Crippen molar-refractivity contribution in [2.75, 3.05) is 4.90 Å². The van der Waals surface area contributed by atoms with Gasteiger partial charge in [-0.2, -0.15) is 0 Å². The second-order valence-electron chi connectivity index (χ2n) is 9.87. The minimum atomic E-state index is -1.31. The zero-order valence-electron chi connectivity index (χ0n) is 21.7. The molecule has 1 atom stereocenters. The molecule has 0 radical (unpaired) electrons. The summed E-state index contributed by atoms with van der Waals surface area (Å²) in [4.78, 5) is 41.5. The summed E-state index contributed by atoms with van der Waals surface area (Å²) >= 11 is 0. The number of nitrogens with one attached hydrogen (secondary N) is 1. The lowest BCUT2D eigenvalue weighted by Gasteiger charge is -2.33. The maximum atomic E-state index is 15.3. The zero-order chi connectivity index (χ0) is 27.4. The summed E-state index contributed by atoms with van der Waals surface area (Å²) in [5.74, 6) is -1.77. The number of amides is 2. The SMILES string of the molecule is CC(=O)c1cccc(N(C(=O)Cn2nnc3ccccc32)[C@H](C(=O)NC2CCCCC2)c2ccccc2F)c1. The van der Waals surface area contributed by atoms with Gasteiger partial charge in [-0.15, -0.1) is 5.10 Å². The van der Waals surface area contributed by atoms with Gasteiger partial charge in [-0.3, -0.25) is 19.3 Å². The molecule has 0 aliphatic heterocycles. The average molecular weight is 528 g/mol. The predicted octanol–water partition coefficient (Wildman–Crippen LogP) is 5.00. The fraction of sp³-hybridized carbons (Fsp3) is 0.300. The molecule has 0 saturated heterocycles. The van der Waals surface area contributed by atoms with E-state index in [0.29, 0.717) is 22.3 Å². The van der Waals surface area contributed by atoms with Crippen molar-refractivity contribution in [1.29, 1.82) is 0 Å². The van der Waals surface area contributed by atoms with Gasteiger partial charge in [0.15, 0.2) is 5.78 Å². The normalized spacial score (nSPS) is 14.6. The Morgan fingerprint density at radius 1 is 1.00 bits per heavy atom. The molecule has 3 aromatic carbocycles. The minimum Gasteiger partial charge on any atom is -0.351 e. The third-order valence-electron chi connectivity index (χ3n) is 7.16. The van der Waals surface area contributed by atoms with Crippen molar-refractivity contribution in [1.82, 2.24) is 20.3 Å². The number of aromatic nitrogens is 3. The number of anilines is 1. The van der Waals surface area contributed by atoms with Gasteiger partial charge in [-0.25, -0.2) is 9.07 Å². The summed E-state index contributed by atoms with van der Waals surface area (Å²) < 4.78 is 16.8. The number of ketones is 1. The second-order valence-corrected chi connectivity index (χ2v) is 9.87. The first kappa shape index (κ1) is 26.2. The van der Waals surface area contributed by atoms with Crippen molar-refractivity contribution in [3.05, 3.63) is 89.7 Å². The molecule has 39 heavy (non-hydrogen) atoms. The smallest absolute Gasteiger partial charge is 0.249 e. The predicted molar refractivity (Wildman–Crippen MR) is 146 cm³/mol. The number of carbonyl (C=O) groups is 3. The highest BCUT2D eigenvalue weighted by Crippen LogP contribution is 2.32. The Labute approximate surface area is 225 Å². The van der Waals surface area contributed by atoms with Gasteiger partial charge in [-0.1, -0.05) is 66.9 Å². The van der Waals surface area contributed by atoms with Crippen LogP contribution < -0.4 is 10.2 Å². The maximum absolute atomic E-state index is 15.3. The third-order valence-corrected chi connectivity index (χ3v) is 7.16. The fourth-order valence-electron chi connectivity index (χ4n) is 5.17. The van der Waals surface area contributed by atoms with Gasteiger partial charge in [0, 0.05) is 22.9 Å². The largest absolute Gasteiger partial charge is 0.351 e. The first-order valence-electron chi connectivity index (χ1n) is 13.2. The first-order chi connectivity index (χ1) is 18.9. The van der Waals surface area contributed by atoms with E-state index >= 15 is 4.39 Å². The molecule has 9 heteroatoms. The van der Waals surface area contributed by atoms with Crippen LogP contribution in [-0.4, -0.2) is 38.6 Å². The fourth-order valence-corrected chi connectivity index (χ4v) is 5.17. The molecule has 1 heterocycles. The van der Waals surface area contributed by atoms with Gasteiger partial charge < -0.3 is 5.32 Å². The van der Waals surface area contributed by atoms with Gasteiger partial charge in [0.05, 0.1) is 5.52 Å². The van der Waals surface area contributed by atoms with Crippen LogP contribution in [0.3, 0.4) is 0 Å². The highest BCUT2D eigenvalue weighted by atomic mass is 19.1. The van der Waals surface area contributed by atoms with Crippen molar-refractivity contribution in [2.24, 2.45) is 0 Å². The van der Waals surface area contributed by atoms with Gasteiger partial charge in [-0.05, 0) is 50.1 Å². The molecule has 1 aliphatic carbocycles. The number of benzene rings is 3. The van der Waals surface area contributed by atoms with Crippen LogP contribution in [0.4, 0.5) is 10.1 Å². The first-order valence-corrected chi connectivity index (χ1v) is 13.2. The number of carbonyl (C=O) groups excluding carboxylic acids is 3. The summed E-state index contributed by atoms with van der Waals surface area (Å²) in [6, 6.07) is 18.3. The van der Waals surface area contributed by atoms with Crippen LogP contribution in [0.2, 0.25) is 0 Å². The highest BCUT2D eigenvalue weighted by molar-refractivity contribution is 6.03. The Kier molecular flexibility index (Phi) is 7.76. The molecule has 5 rings (SSSR count). The topological polar surface area (TPSA) is 97.2 Å². The maximum Gasteiger partial charge on any atom is 0.249 e. The lowest BCUT2D eigenvalue weighted by atomic mass is 9.94. The molecule has 0 bridgehead atoms. The number of fused-ring (bicyclic) bond motifs is 1. The Hall–Kier alpha value is -4.40. The van der Waals surface area contributed by atoms with Gasteiger partial charge in [0.25, 0.3) is 0 Å². The van der Waals surface area contributed by atoms with E-state index in [9.17, 15) is 14.4 Å². The van der Waals surface area contributed by atoms with Crippen LogP contribution in [0.25, 0.3) is 11.0 Å². The molecule has 1 aliphatic rings. The van der Waals surface area contributed by atoms with Crippen LogP contribution in [0, 0.1) is 5.82 Å². The van der Waals surface area contributed by atoms with E-state index in [-0.39, 0.29) is 23.9 Å². The highest BCUT2D eigenvalue weighted by Gasteiger charge is 2.36. The number of nitrogens with zero attached hydrogens (tertiary/aromatic N) is 4. The average Bonchev–Trinajstić information content (AvgIpc) is 3.35. The van der Waals surface area contributed by atoms with Crippen LogP contribution in [-0.2, 0) is 16.1 Å². The summed E-state index contributed by atoms with van der Waals surface area (Å²) in [6.07, 6.45) is 4.76. The minimum absolute atomic E-state index is 0.0553. The van der Waals surface area contributed by atoms with E-state index in [4.69, 9.17) is 0 Å². The molecule has 1 aromatic heterocycles. The number of halogens is 1. The quantitative estimate of drug-likeness (QED) is 0.326. The molecule has 4 aromatic rings. The molecule has 0 unspecified atom stereocenters. The number of hydrogen-bond acceptors (Lipinski definition) is 5. The molecule has 2 amide bonds. The van der Waals surface area contributed by atoms with Crippen molar-refractivity contribution in [2.45, 2.75) is 57.7 Å². The number of rotatable bonds is 8. The Morgan fingerprint density at radius 2 is 1.74 bits per heavy atom. The lowest BCUT2D eigenvalue weighted by molar-refractivity contribution is -0.127. The van der Waals surface area contributed by atoms with Crippen molar-refractivity contribution >= 4 is 34.3 Å². The van der Waals surface area contributed by atoms with E-state index in [1.807, 2.05) is 12.1 Å². The zero-order valence-corrected chi connectivity index (χ0v) is 21.7. The molecule has 1 fully saturated rings. The van der Waals surface area contributed by atoms with Crippen LogP contribution in [0.5, 0.6) is 0 Å². The number of para-hydroxylation sites is 1. The molecule has 0 spiro atoms. The van der Waals surface area contributed by atoms with E-state index in [1.165, 1.54) is 28.6 Å². The van der Waals surface area contributed by atoms with E-state index in [1.54, 1.807) is 48.5 Å². The molecule has 1 saturated carbocycles. The lowest BCUT2D eigenvalue weighted by Crippen LogP contribution is -2.48. The molecule has 1 N–H and O–H groups in total. The molecular weight excluding hydrogens is 497 g/mol. The second kappa shape index (κ2) is 11.6. The summed E-state index contributed by atoms with van der Waals surface area (Å²) in [6.45, 7) is 1.18. The Balaban J connectivity index is 1.60. The van der Waals surface area contributed by atoms with Crippen molar-refractivity contribution in [3.8, 4) is 0 Å². The van der Waals surface area contributed by atoms with E-state index in [2.05, 4.69) is 15.6 Å². The molecule has 200 valence electrons. The summed E-state index contributed by atoms with van der Waals surface area (Å²) in [5.41, 5.74) is 2.02. The summed E-state index contributed by atoms with van der Waals surface area (Å²) in [7, 11) is 0. The monoisotopic (exact) mass is 527 g/mol.